The quantitative estimate of drug-likeness (QED) is 0.489. The molecule has 1 aromatic carbocycles. The number of nitrogens with one attached hydrogen (secondary N) is 1. The lowest BCUT2D eigenvalue weighted by Gasteiger charge is -2.44. The lowest BCUT2D eigenvalue weighted by molar-refractivity contribution is 0.391. The number of nitrogens with zero attached hydrogens (tertiary/aromatic N) is 3. The fourth-order valence-electron chi connectivity index (χ4n) is 5.34. The van der Waals surface area contributed by atoms with Gasteiger partial charge in [0.25, 0.3) is 0 Å². The van der Waals surface area contributed by atoms with Gasteiger partial charge in [0.1, 0.15) is 5.82 Å². The molecule has 2 aliphatic rings. The molecule has 170 valence electrons. The van der Waals surface area contributed by atoms with E-state index < -0.39 is 0 Å². The molecule has 0 fully saturated rings. The summed E-state index contributed by atoms with van der Waals surface area (Å²) >= 11 is 0. The van der Waals surface area contributed by atoms with Crippen molar-refractivity contribution in [3.8, 4) is 0 Å². The number of anilines is 1. The molecule has 33 heavy (non-hydrogen) atoms. The molecule has 0 saturated heterocycles. The van der Waals surface area contributed by atoms with Crippen LogP contribution >= 0.6 is 0 Å². The van der Waals surface area contributed by atoms with E-state index in [1.807, 2.05) is 18.6 Å². The number of aromatic amines is 1. The minimum Gasteiger partial charge on any atom is -0.352 e. The van der Waals surface area contributed by atoms with Crippen molar-refractivity contribution < 1.29 is 0 Å². The van der Waals surface area contributed by atoms with Gasteiger partial charge < -0.3 is 15.6 Å². The van der Waals surface area contributed by atoms with Gasteiger partial charge in [0.15, 0.2) is 0 Å². The van der Waals surface area contributed by atoms with Gasteiger partial charge in [-0.15, -0.1) is 0 Å². The van der Waals surface area contributed by atoms with Gasteiger partial charge in [0, 0.05) is 30.2 Å². The molecule has 3 N–H and O–H groups in total. The van der Waals surface area contributed by atoms with Gasteiger partial charge in [-0.1, -0.05) is 42.5 Å². The van der Waals surface area contributed by atoms with Gasteiger partial charge in [-0.05, 0) is 74.4 Å². The summed E-state index contributed by atoms with van der Waals surface area (Å²) in [5, 5.41) is 0. The number of allylic oxidation sites excluding steroid dienone is 3. The monoisotopic (exact) mass is 439 g/mol. The van der Waals surface area contributed by atoms with E-state index in [0.29, 0.717) is 5.92 Å². The van der Waals surface area contributed by atoms with Gasteiger partial charge >= 0.3 is 0 Å². The average Bonchev–Trinajstić information content (AvgIpc) is 3.41. The summed E-state index contributed by atoms with van der Waals surface area (Å²) in [6.07, 6.45) is 21.0. The van der Waals surface area contributed by atoms with Crippen molar-refractivity contribution >= 4 is 5.69 Å². The number of rotatable bonds is 8. The van der Waals surface area contributed by atoms with E-state index in [4.69, 9.17) is 15.7 Å². The Kier molecular flexibility index (Phi) is 6.68. The van der Waals surface area contributed by atoms with Gasteiger partial charge in [-0.2, -0.15) is 0 Å². The molecule has 0 saturated carbocycles. The molecule has 3 atom stereocenters. The van der Waals surface area contributed by atoms with E-state index in [2.05, 4.69) is 70.6 Å². The minimum atomic E-state index is 0.0917. The molecule has 0 amide bonds. The largest absolute Gasteiger partial charge is 0.352 e. The van der Waals surface area contributed by atoms with Gasteiger partial charge in [0.2, 0.25) is 0 Å². The highest BCUT2D eigenvalue weighted by molar-refractivity contribution is 5.53. The summed E-state index contributed by atoms with van der Waals surface area (Å²) in [5.41, 5.74) is 10.9. The first kappa shape index (κ1) is 21.7. The minimum absolute atomic E-state index is 0.0917. The molecular weight excluding hydrogens is 406 g/mol. The summed E-state index contributed by atoms with van der Waals surface area (Å²) in [5.74, 6) is 1.34. The molecular formula is C28H33N5. The first-order valence-corrected chi connectivity index (χ1v) is 12.2. The number of aryl methyl sites for hydroxylation is 2. The zero-order valence-electron chi connectivity index (χ0n) is 19.1. The Balaban J connectivity index is 1.60. The predicted molar refractivity (Wildman–Crippen MR) is 134 cm³/mol. The Labute approximate surface area is 196 Å². The average molecular weight is 440 g/mol. The fraction of sp³-hybridized carbons (Fsp3) is 0.357. The zero-order valence-corrected chi connectivity index (χ0v) is 19.1. The highest BCUT2D eigenvalue weighted by Gasteiger charge is 2.37. The van der Waals surface area contributed by atoms with Crippen molar-refractivity contribution in [2.45, 2.75) is 50.6 Å². The van der Waals surface area contributed by atoms with E-state index in [0.717, 1.165) is 44.5 Å². The van der Waals surface area contributed by atoms with Crippen LogP contribution < -0.4 is 10.6 Å². The summed E-state index contributed by atoms with van der Waals surface area (Å²) in [7, 11) is 0. The third kappa shape index (κ3) is 4.64. The summed E-state index contributed by atoms with van der Waals surface area (Å²) in [6, 6.07) is 13.7. The topological polar surface area (TPSA) is 70.8 Å². The summed E-state index contributed by atoms with van der Waals surface area (Å²) < 4.78 is 0. The third-order valence-corrected chi connectivity index (χ3v) is 6.92. The van der Waals surface area contributed by atoms with E-state index in [-0.39, 0.29) is 12.1 Å². The lowest BCUT2D eigenvalue weighted by atomic mass is 9.85. The zero-order chi connectivity index (χ0) is 22.5. The van der Waals surface area contributed by atoms with Crippen molar-refractivity contribution in [1.29, 1.82) is 0 Å². The van der Waals surface area contributed by atoms with E-state index in [1.54, 1.807) is 0 Å². The molecule has 0 radical (unpaired) electrons. The van der Waals surface area contributed by atoms with Crippen molar-refractivity contribution in [3.05, 3.63) is 102 Å². The number of aromatic nitrogens is 3. The van der Waals surface area contributed by atoms with Crippen molar-refractivity contribution in [3.63, 3.8) is 0 Å². The molecule has 0 bridgehead atoms. The number of fused-ring (bicyclic) bond motifs is 1. The fourth-order valence-corrected chi connectivity index (χ4v) is 5.34. The van der Waals surface area contributed by atoms with Crippen LogP contribution in [-0.2, 0) is 12.8 Å². The van der Waals surface area contributed by atoms with E-state index in [1.165, 1.54) is 28.9 Å². The second-order valence-corrected chi connectivity index (χ2v) is 9.05. The number of hydrogen-bond donors (Lipinski definition) is 2. The molecule has 3 aromatic rings. The van der Waals surface area contributed by atoms with E-state index in [9.17, 15) is 0 Å². The second kappa shape index (κ2) is 10.2. The van der Waals surface area contributed by atoms with Gasteiger partial charge in [-0.25, -0.2) is 4.98 Å². The van der Waals surface area contributed by atoms with Crippen LogP contribution in [0.4, 0.5) is 5.69 Å². The Morgan fingerprint density at radius 3 is 2.76 bits per heavy atom. The van der Waals surface area contributed by atoms with Crippen LogP contribution in [-0.4, -0.2) is 21.5 Å². The van der Waals surface area contributed by atoms with Crippen LogP contribution in [0.5, 0.6) is 0 Å². The maximum atomic E-state index is 5.74. The van der Waals surface area contributed by atoms with Crippen LogP contribution in [0.25, 0.3) is 0 Å². The number of pyridine rings is 1. The Bertz CT molecular complexity index is 1080. The van der Waals surface area contributed by atoms with Crippen LogP contribution in [0, 0.1) is 5.92 Å². The van der Waals surface area contributed by atoms with Crippen LogP contribution in [0.15, 0.2) is 79.3 Å². The standard InChI is InChI=1S/C28H33N5/c29-17-5-7-21-13-15-24(16-14-21)33(25-12-4-10-22-11-6-18-30-26(22)25)27(28-31-19-20-32-28)23-8-2-1-3-9-23/h1-3,6,8,11,13-16,18-20,23,25,27H,4-5,7,9-10,12,17,29H2,(H,31,32). The number of H-pyrrole nitrogens is 1. The number of imidazole rings is 1. The van der Waals surface area contributed by atoms with E-state index >= 15 is 0 Å². The molecule has 5 nitrogen and oxygen atoms in total. The molecule has 5 heteroatoms. The van der Waals surface area contributed by atoms with Crippen LogP contribution in [0.1, 0.15) is 60.4 Å². The first-order valence-electron chi connectivity index (χ1n) is 12.2. The summed E-state index contributed by atoms with van der Waals surface area (Å²) in [6.45, 7) is 0.723. The second-order valence-electron chi connectivity index (χ2n) is 9.05. The van der Waals surface area contributed by atoms with Crippen molar-refractivity contribution in [2.75, 3.05) is 11.4 Å². The summed E-state index contributed by atoms with van der Waals surface area (Å²) in [4.78, 5) is 15.7. The maximum absolute atomic E-state index is 5.74. The number of nitrogens with two attached hydrogens (primary N) is 1. The van der Waals surface area contributed by atoms with Gasteiger partial charge in [-0.3, -0.25) is 4.98 Å². The smallest absolute Gasteiger partial charge is 0.129 e. The molecule has 2 aromatic heterocycles. The van der Waals surface area contributed by atoms with Crippen molar-refractivity contribution in [1.82, 2.24) is 15.0 Å². The Morgan fingerprint density at radius 2 is 2.00 bits per heavy atom. The van der Waals surface area contributed by atoms with Crippen molar-refractivity contribution in [2.24, 2.45) is 11.7 Å². The molecule has 0 aliphatic heterocycles. The maximum Gasteiger partial charge on any atom is 0.129 e. The number of benzene rings is 1. The molecule has 5 rings (SSSR count). The third-order valence-electron chi connectivity index (χ3n) is 6.92. The normalized spacial score (nSPS) is 20.4. The van der Waals surface area contributed by atoms with Crippen LogP contribution in [0.2, 0.25) is 0 Å². The predicted octanol–water partition coefficient (Wildman–Crippen LogP) is 5.45. The lowest BCUT2D eigenvalue weighted by Crippen LogP contribution is -2.39. The molecule has 0 spiro atoms. The Hall–Kier alpha value is -3.18. The van der Waals surface area contributed by atoms with Gasteiger partial charge in [0.05, 0.1) is 17.8 Å². The number of hydrogen-bond acceptors (Lipinski definition) is 4. The highest BCUT2D eigenvalue weighted by atomic mass is 15.2. The SMILES string of the molecule is NCCCc1ccc(N(C2CCCc3cccnc32)C(c2ncc[nH]2)C2C=CC=CC2)cc1. The first-order chi connectivity index (χ1) is 16.3. The molecule has 3 unspecified atom stereocenters. The van der Waals surface area contributed by atoms with Crippen LogP contribution in [0.3, 0.4) is 0 Å². The highest BCUT2D eigenvalue weighted by Crippen LogP contribution is 2.44. The molecule has 2 aliphatic carbocycles. The Morgan fingerprint density at radius 1 is 1.09 bits per heavy atom. The molecule has 2 heterocycles.